The number of carboxylic acids is 1. The van der Waals surface area contributed by atoms with Crippen molar-refractivity contribution < 1.29 is 23.1 Å². The fourth-order valence-corrected chi connectivity index (χ4v) is 6.48. The van der Waals surface area contributed by atoms with Gasteiger partial charge in [0.15, 0.2) is 11.6 Å². The molecule has 3 fully saturated rings. The summed E-state index contributed by atoms with van der Waals surface area (Å²) in [6.07, 6.45) is 4.72. The Morgan fingerprint density at radius 3 is 2.46 bits per heavy atom. The van der Waals surface area contributed by atoms with Gasteiger partial charge in [0.25, 0.3) is 0 Å². The molecule has 7 rings (SSSR count). The zero-order chi connectivity index (χ0) is 27.4. The lowest BCUT2D eigenvalue weighted by atomic mass is 9.61. The van der Waals surface area contributed by atoms with E-state index in [0.717, 1.165) is 43.4 Å². The highest BCUT2D eigenvalue weighted by Crippen LogP contribution is 2.47. The number of hydrogen-bond acceptors (Lipinski definition) is 4. The number of nitrogens with zero attached hydrogens (tertiary/aromatic N) is 2. The Bertz CT molecular complexity index is 1650. The number of aromatic amines is 1. The Hall–Kier alpha value is -4.32. The minimum atomic E-state index is -0.933. The van der Waals surface area contributed by atoms with Crippen LogP contribution in [0, 0.1) is 53.5 Å². The summed E-state index contributed by atoms with van der Waals surface area (Å²) in [5.41, 5.74) is 1.58. The van der Waals surface area contributed by atoms with E-state index >= 15 is 4.39 Å². The molecule has 2 heterocycles. The molecule has 198 valence electrons. The minimum Gasteiger partial charge on any atom is -0.481 e. The van der Waals surface area contributed by atoms with Crippen molar-refractivity contribution in [1.82, 2.24) is 9.97 Å². The van der Waals surface area contributed by atoms with Crippen molar-refractivity contribution in [1.29, 1.82) is 5.26 Å². The number of anilines is 1. The predicted octanol–water partition coefficient (Wildman–Crippen LogP) is 6.80. The monoisotopic (exact) mass is 530 g/mol. The maximum Gasteiger partial charge on any atom is 0.308 e. The van der Waals surface area contributed by atoms with E-state index in [1.807, 2.05) is 6.92 Å². The maximum atomic E-state index is 16.3. The third-order valence-electron chi connectivity index (χ3n) is 8.36. The van der Waals surface area contributed by atoms with Crippen LogP contribution in [0.4, 0.5) is 19.0 Å². The van der Waals surface area contributed by atoms with Crippen LogP contribution in [0.2, 0.25) is 0 Å². The Morgan fingerprint density at radius 1 is 1.10 bits per heavy atom. The van der Waals surface area contributed by atoms with E-state index in [1.165, 1.54) is 6.20 Å². The summed E-state index contributed by atoms with van der Waals surface area (Å²) in [5.74, 6) is -4.18. The van der Waals surface area contributed by atoms with E-state index < -0.39 is 35.4 Å². The second kappa shape index (κ2) is 9.45. The molecule has 2 aromatic carbocycles. The Kier molecular flexibility index (Phi) is 6.06. The number of hydrogen-bond donors (Lipinski definition) is 3. The molecule has 0 spiro atoms. The zero-order valence-corrected chi connectivity index (χ0v) is 21.1. The van der Waals surface area contributed by atoms with E-state index in [4.69, 9.17) is 0 Å². The summed E-state index contributed by atoms with van der Waals surface area (Å²) >= 11 is 0. The van der Waals surface area contributed by atoms with E-state index in [9.17, 15) is 23.9 Å². The molecule has 39 heavy (non-hydrogen) atoms. The number of halogens is 3. The van der Waals surface area contributed by atoms with Crippen LogP contribution in [0.3, 0.4) is 0 Å². The van der Waals surface area contributed by atoms with Crippen LogP contribution in [0.25, 0.3) is 33.3 Å². The van der Waals surface area contributed by atoms with Gasteiger partial charge in [-0.3, -0.25) is 4.79 Å². The lowest BCUT2D eigenvalue weighted by Gasteiger charge is -2.47. The van der Waals surface area contributed by atoms with Crippen LogP contribution < -0.4 is 5.32 Å². The lowest BCUT2D eigenvalue weighted by molar-refractivity contribution is -0.148. The van der Waals surface area contributed by atoms with Crippen LogP contribution in [0.1, 0.15) is 36.8 Å². The number of H-pyrrole nitrogens is 1. The third-order valence-corrected chi connectivity index (χ3v) is 8.36. The quantitative estimate of drug-likeness (QED) is 0.264. The molecule has 6 nitrogen and oxygen atoms in total. The van der Waals surface area contributed by atoms with Crippen molar-refractivity contribution >= 4 is 22.7 Å². The SMILES string of the molecule is Cc1ccc(-c2c(F)c(N[C@@H]3C4CCC(CC4)[C@H]3C(=O)O)nc(-c3c[nH]c4c(F)cc(F)cc34)c2C#N)cc1. The highest BCUT2D eigenvalue weighted by atomic mass is 19.1. The van der Waals surface area contributed by atoms with Crippen LogP contribution in [0.5, 0.6) is 0 Å². The molecular weight excluding hydrogens is 505 g/mol. The highest BCUT2D eigenvalue weighted by Gasteiger charge is 2.47. The first kappa shape index (κ1) is 25.0. The van der Waals surface area contributed by atoms with Gasteiger partial charge in [-0.2, -0.15) is 5.26 Å². The Labute approximate surface area is 222 Å². The number of pyridine rings is 1. The molecule has 0 saturated heterocycles. The largest absolute Gasteiger partial charge is 0.481 e. The van der Waals surface area contributed by atoms with Gasteiger partial charge in [-0.1, -0.05) is 29.8 Å². The summed E-state index contributed by atoms with van der Waals surface area (Å²) in [5, 5.41) is 23.5. The molecule has 0 aliphatic heterocycles. The number of nitriles is 1. The predicted molar refractivity (Wildman–Crippen MR) is 140 cm³/mol. The van der Waals surface area contributed by atoms with E-state index in [1.54, 1.807) is 24.3 Å². The van der Waals surface area contributed by atoms with Gasteiger partial charge in [0, 0.05) is 34.8 Å². The smallest absolute Gasteiger partial charge is 0.308 e. The van der Waals surface area contributed by atoms with Gasteiger partial charge in [-0.05, 0) is 56.1 Å². The normalized spacial score (nSPS) is 22.1. The molecule has 9 heteroatoms. The molecule has 3 aliphatic rings. The van der Waals surface area contributed by atoms with Gasteiger partial charge in [0.2, 0.25) is 0 Å². The van der Waals surface area contributed by atoms with E-state index in [0.29, 0.717) is 5.56 Å². The molecule has 2 bridgehead atoms. The van der Waals surface area contributed by atoms with Crippen molar-refractivity contribution in [2.24, 2.45) is 17.8 Å². The number of aryl methyl sites for hydroxylation is 1. The molecule has 2 aromatic heterocycles. The molecule has 0 unspecified atom stereocenters. The first-order valence-corrected chi connectivity index (χ1v) is 12.9. The van der Waals surface area contributed by atoms with Gasteiger partial charge in [0.1, 0.15) is 17.7 Å². The Balaban J connectivity index is 1.59. The number of rotatable bonds is 5. The van der Waals surface area contributed by atoms with Crippen LogP contribution in [-0.2, 0) is 4.79 Å². The number of benzene rings is 2. The molecule has 2 atom stereocenters. The lowest BCUT2D eigenvalue weighted by Crippen LogP contribution is -2.51. The molecule has 4 aromatic rings. The van der Waals surface area contributed by atoms with Crippen molar-refractivity contribution in [2.75, 3.05) is 5.32 Å². The molecule has 3 saturated carbocycles. The maximum absolute atomic E-state index is 16.3. The van der Waals surface area contributed by atoms with Crippen molar-refractivity contribution in [3.05, 3.63) is 71.2 Å². The average Bonchev–Trinajstić information content (AvgIpc) is 3.34. The fourth-order valence-electron chi connectivity index (χ4n) is 6.48. The second-order valence-corrected chi connectivity index (χ2v) is 10.6. The number of carbonyl (C=O) groups is 1. The van der Waals surface area contributed by atoms with Crippen molar-refractivity contribution in [3.63, 3.8) is 0 Å². The first-order chi connectivity index (χ1) is 18.8. The minimum absolute atomic E-state index is 0.0101. The average molecular weight is 531 g/mol. The molecule has 3 N–H and O–H groups in total. The fraction of sp³-hybridized carbons (Fsp3) is 0.300. The molecule has 0 radical (unpaired) electrons. The number of aromatic nitrogens is 2. The second-order valence-electron chi connectivity index (χ2n) is 10.6. The molecule has 3 aliphatic carbocycles. The number of fused-ring (bicyclic) bond motifs is 4. The van der Waals surface area contributed by atoms with Crippen molar-refractivity contribution in [2.45, 2.75) is 38.6 Å². The summed E-state index contributed by atoms with van der Waals surface area (Å²) < 4.78 is 45.1. The summed E-state index contributed by atoms with van der Waals surface area (Å²) in [4.78, 5) is 19.5. The van der Waals surface area contributed by atoms with Crippen LogP contribution in [0.15, 0.2) is 42.6 Å². The number of carboxylic acid groups (broad SMARTS) is 1. The Morgan fingerprint density at radius 2 is 1.79 bits per heavy atom. The van der Waals surface area contributed by atoms with Gasteiger partial charge < -0.3 is 15.4 Å². The molecule has 0 amide bonds. The van der Waals surface area contributed by atoms with Crippen molar-refractivity contribution in [3.8, 4) is 28.5 Å². The molecular formula is C30H25F3N4O2. The highest BCUT2D eigenvalue weighted by molar-refractivity contribution is 5.98. The van der Waals surface area contributed by atoms with E-state index in [-0.39, 0.29) is 50.9 Å². The number of aliphatic carboxylic acids is 1. The summed E-state index contributed by atoms with van der Waals surface area (Å²) in [7, 11) is 0. The number of nitrogens with one attached hydrogen (secondary N) is 2. The topological polar surface area (TPSA) is 102 Å². The van der Waals surface area contributed by atoms with E-state index in [2.05, 4.69) is 21.4 Å². The third kappa shape index (κ3) is 4.11. The summed E-state index contributed by atoms with van der Waals surface area (Å²) in [6.45, 7) is 1.88. The summed E-state index contributed by atoms with van der Waals surface area (Å²) in [6, 6.07) is 10.4. The first-order valence-electron chi connectivity index (χ1n) is 12.9. The van der Waals surface area contributed by atoms with Crippen LogP contribution in [-0.4, -0.2) is 27.1 Å². The van der Waals surface area contributed by atoms with Gasteiger partial charge in [-0.15, -0.1) is 0 Å². The standard InChI is InChI=1S/C30H25F3N4O2/c1-14-2-4-15(5-3-14)23-20(12-34)27(21-13-35-28-19(21)10-18(31)11-22(28)32)37-29(25(23)33)36-26-17-8-6-16(7-9-17)24(26)30(38)39/h2-5,10-11,13,16-17,24,26,35H,6-9H2,1H3,(H,36,37)(H,38,39)/t16?,17?,24-,26-/m1/s1. The zero-order valence-electron chi connectivity index (χ0n) is 21.1. The van der Waals surface area contributed by atoms with Crippen LogP contribution >= 0.6 is 0 Å². The van der Waals surface area contributed by atoms with Gasteiger partial charge >= 0.3 is 5.97 Å². The van der Waals surface area contributed by atoms with Gasteiger partial charge in [-0.25, -0.2) is 18.2 Å². The van der Waals surface area contributed by atoms with Gasteiger partial charge in [0.05, 0.1) is 22.7 Å².